The molecule has 4 heteroatoms. The molecule has 0 saturated heterocycles. The van der Waals surface area contributed by atoms with Gasteiger partial charge in [-0.2, -0.15) is 11.8 Å². The van der Waals surface area contributed by atoms with E-state index in [0.29, 0.717) is 24.5 Å². The molecule has 0 radical (unpaired) electrons. The predicted octanol–water partition coefficient (Wildman–Crippen LogP) is 2.03. The fraction of sp³-hybridized carbons (Fsp3) is 0.400. The lowest BCUT2D eigenvalue weighted by Crippen LogP contribution is -2.06. The standard InChI is InChI=1S/C10H14FNOS/c1-14-6-5-13-10-8(7-12)3-2-4-9(10)11/h2-4H,5-7,12H2,1H3. The van der Waals surface area contributed by atoms with Crippen LogP contribution < -0.4 is 10.5 Å². The van der Waals surface area contributed by atoms with Crippen LogP contribution in [0.4, 0.5) is 4.39 Å². The summed E-state index contributed by atoms with van der Waals surface area (Å²) in [6.45, 7) is 0.807. The van der Waals surface area contributed by atoms with Crippen LogP contribution in [-0.2, 0) is 6.54 Å². The van der Waals surface area contributed by atoms with Crippen molar-refractivity contribution in [2.45, 2.75) is 6.54 Å². The predicted molar refractivity (Wildman–Crippen MR) is 58.2 cm³/mol. The highest BCUT2D eigenvalue weighted by Gasteiger charge is 2.07. The topological polar surface area (TPSA) is 35.2 Å². The molecule has 0 amide bonds. The van der Waals surface area contributed by atoms with E-state index in [1.807, 2.05) is 6.26 Å². The zero-order valence-corrected chi connectivity index (χ0v) is 8.94. The first kappa shape index (κ1) is 11.3. The molecular formula is C10H14FNOS. The SMILES string of the molecule is CSCCOc1c(F)cccc1CN. The van der Waals surface area contributed by atoms with Gasteiger partial charge >= 0.3 is 0 Å². The summed E-state index contributed by atoms with van der Waals surface area (Å²) in [6.07, 6.45) is 1.98. The summed E-state index contributed by atoms with van der Waals surface area (Å²) in [5, 5.41) is 0. The zero-order valence-electron chi connectivity index (χ0n) is 8.13. The number of para-hydroxylation sites is 1. The lowest BCUT2D eigenvalue weighted by atomic mass is 10.2. The van der Waals surface area contributed by atoms with Crippen LogP contribution in [0, 0.1) is 5.82 Å². The van der Waals surface area contributed by atoms with Crippen LogP contribution in [0.5, 0.6) is 5.75 Å². The Morgan fingerprint density at radius 3 is 2.93 bits per heavy atom. The molecule has 0 unspecified atom stereocenters. The molecule has 1 aromatic carbocycles. The zero-order chi connectivity index (χ0) is 10.4. The van der Waals surface area contributed by atoms with Crippen LogP contribution >= 0.6 is 11.8 Å². The van der Waals surface area contributed by atoms with Gasteiger partial charge in [0.25, 0.3) is 0 Å². The molecule has 0 atom stereocenters. The normalized spacial score (nSPS) is 10.2. The number of benzene rings is 1. The van der Waals surface area contributed by atoms with E-state index in [1.165, 1.54) is 6.07 Å². The lowest BCUT2D eigenvalue weighted by Gasteiger charge is -2.10. The Bertz CT molecular complexity index is 293. The smallest absolute Gasteiger partial charge is 0.165 e. The molecular weight excluding hydrogens is 201 g/mol. The summed E-state index contributed by atoms with van der Waals surface area (Å²) >= 11 is 1.66. The van der Waals surface area contributed by atoms with E-state index in [1.54, 1.807) is 23.9 Å². The van der Waals surface area contributed by atoms with Crippen molar-refractivity contribution in [1.82, 2.24) is 0 Å². The second-order valence-corrected chi connectivity index (χ2v) is 3.76. The first-order chi connectivity index (χ1) is 6.79. The monoisotopic (exact) mass is 215 g/mol. The first-order valence-corrected chi connectivity index (χ1v) is 5.78. The molecule has 0 saturated carbocycles. The van der Waals surface area contributed by atoms with Crippen LogP contribution in [0.1, 0.15) is 5.56 Å². The van der Waals surface area contributed by atoms with E-state index in [4.69, 9.17) is 10.5 Å². The molecule has 0 spiro atoms. The molecule has 14 heavy (non-hydrogen) atoms. The summed E-state index contributed by atoms with van der Waals surface area (Å²) in [5.41, 5.74) is 6.19. The van der Waals surface area contributed by atoms with Crippen molar-refractivity contribution in [3.63, 3.8) is 0 Å². The van der Waals surface area contributed by atoms with Gasteiger partial charge in [0.05, 0.1) is 6.61 Å². The Labute approximate surface area is 87.6 Å². The Hall–Kier alpha value is -0.740. The van der Waals surface area contributed by atoms with Gasteiger partial charge in [-0.3, -0.25) is 0 Å². The Balaban J connectivity index is 2.72. The number of hydrogen-bond acceptors (Lipinski definition) is 3. The van der Waals surface area contributed by atoms with Crippen LogP contribution in [0.15, 0.2) is 18.2 Å². The van der Waals surface area contributed by atoms with E-state index in [-0.39, 0.29) is 5.82 Å². The number of hydrogen-bond donors (Lipinski definition) is 1. The van der Waals surface area contributed by atoms with Crippen molar-refractivity contribution in [2.24, 2.45) is 5.73 Å². The number of ether oxygens (including phenoxy) is 1. The summed E-state index contributed by atoms with van der Waals surface area (Å²) in [6, 6.07) is 4.80. The highest BCUT2D eigenvalue weighted by atomic mass is 32.2. The van der Waals surface area contributed by atoms with Crippen molar-refractivity contribution >= 4 is 11.8 Å². The summed E-state index contributed by atoms with van der Waals surface area (Å²) in [4.78, 5) is 0. The van der Waals surface area contributed by atoms with Gasteiger partial charge in [-0.1, -0.05) is 12.1 Å². The average molecular weight is 215 g/mol. The molecule has 2 nitrogen and oxygen atoms in total. The first-order valence-electron chi connectivity index (χ1n) is 4.38. The fourth-order valence-electron chi connectivity index (χ4n) is 1.10. The summed E-state index contributed by atoms with van der Waals surface area (Å²) < 4.78 is 18.6. The number of halogens is 1. The van der Waals surface area contributed by atoms with Gasteiger partial charge in [-0.15, -0.1) is 0 Å². The average Bonchev–Trinajstić information content (AvgIpc) is 2.20. The quantitative estimate of drug-likeness (QED) is 0.763. The molecule has 78 valence electrons. The summed E-state index contributed by atoms with van der Waals surface area (Å²) in [7, 11) is 0. The maximum Gasteiger partial charge on any atom is 0.165 e. The second kappa shape index (κ2) is 5.88. The van der Waals surface area contributed by atoms with Crippen LogP contribution in [0.2, 0.25) is 0 Å². The minimum absolute atomic E-state index is 0.295. The Morgan fingerprint density at radius 1 is 1.50 bits per heavy atom. The largest absolute Gasteiger partial charge is 0.489 e. The van der Waals surface area contributed by atoms with Crippen molar-refractivity contribution in [1.29, 1.82) is 0 Å². The van der Waals surface area contributed by atoms with Gasteiger partial charge in [-0.25, -0.2) is 4.39 Å². The van der Waals surface area contributed by atoms with Gasteiger partial charge in [0.15, 0.2) is 11.6 Å². The number of nitrogens with two attached hydrogens (primary N) is 1. The number of rotatable bonds is 5. The van der Waals surface area contributed by atoms with Gasteiger partial charge in [-0.05, 0) is 12.3 Å². The molecule has 0 fully saturated rings. The molecule has 0 aliphatic heterocycles. The maximum atomic E-state index is 13.3. The minimum Gasteiger partial charge on any atom is -0.489 e. The second-order valence-electron chi connectivity index (χ2n) is 2.77. The Morgan fingerprint density at radius 2 is 2.29 bits per heavy atom. The van der Waals surface area contributed by atoms with Crippen LogP contribution in [0.25, 0.3) is 0 Å². The van der Waals surface area contributed by atoms with Gasteiger partial charge < -0.3 is 10.5 Å². The molecule has 0 bridgehead atoms. The third kappa shape index (κ3) is 2.89. The van der Waals surface area contributed by atoms with Gasteiger partial charge in [0.1, 0.15) is 0 Å². The molecule has 0 aliphatic rings. The van der Waals surface area contributed by atoms with Crippen molar-refractivity contribution in [3.05, 3.63) is 29.6 Å². The van der Waals surface area contributed by atoms with Crippen molar-refractivity contribution < 1.29 is 9.13 Å². The van der Waals surface area contributed by atoms with E-state index in [2.05, 4.69) is 0 Å². The highest BCUT2D eigenvalue weighted by Crippen LogP contribution is 2.22. The summed E-state index contributed by atoms with van der Waals surface area (Å²) in [5.74, 6) is 0.802. The third-order valence-electron chi connectivity index (χ3n) is 1.80. The molecule has 1 aromatic rings. The highest BCUT2D eigenvalue weighted by molar-refractivity contribution is 7.98. The van der Waals surface area contributed by atoms with Gasteiger partial charge in [0.2, 0.25) is 0 Å². The molecule has 0 aliphatic carbocycles. The fourth-order valence-corrected chi connectivity index (χ4v) is 1.35. The minimum atomic E-state index is -0.339. The molecule has 1 rings (SSSR count). The molecule has 2 N–H and O–H groups in total. The maximum absolute atomic E-state index is 13.3. The van der Waals surface area contributed by atoms with E-state index < -0.39 is 0 Å². The van der Waals surface area contributed by atoms with E-state index >= 15 is 0 Å². The molecule has 0 aromatic heterocycles. The third-order valence-corrected chi connectivity index (χ3v) is 2.38. The van der Waals surface area contributed by atoms with Crippen molar-refractivity contribution in [2.75, 3.05) is 18.6 Å². The van der Waals surface area contributed by atoms with Crippen LogP contribution in [0.3, 0.4) is 0 Å². The lowest BCUT2D eigenvalue weighted by molar-refractivity contribution is 0.321. The van der Waals surface area contributed by atoms with Crippen molar-refractivity contribution in [3.8, 4) is 5.75 Å². The number of thioether (sulfide) groups is 1. The van der Waals surface area contributed by atoms with E-state index in [9.17, 15) is 4.39 Å². The Kier molecular flexibility index (Phi) is 4.76. The molecule has 0 heterocycles. The van der Waals surface area contributed by atoms with E-state index in [0.717, 1.165) is 5.75 Å². The van der Waals surface area contributed by atoms with Gasteiger partial charge in [0, 0.05) is 17.9 Å². The van der Waals surface area contributed by atoms with Crippen LogP contribution in [-0.4, -0.2) is 18.6 Å².